The number of alkyl halides is 3. The topological polar surface area (TPSA) is 82.8 Å². The normalized spacial score (nSPS) is 21.1. The molecule has 7 nitrogen and oxygen atoms in total. The van der Waals surface area contributed by atoms with Gasteiger partial charge in [0.15, 0.2) is 0 Å². The first-order valence-electron chi connectivity index (χ1n) is 12.9. The lowest BCUT2D eigenvalue weighted by Crippen LogP contribution is -2.62. The van der Waals surface area contributed by atoms with Crippen molar-refractivity contribution in [2.45, 2.75) is 63.3 Å². The number of piperidine rings is 1. The van der Waals surface area contributed by atoms with Gasteiger partial charge in [-0.15, -0.1) is 0 Å². The molecule has 2 aliphatic rings. The average Bonchev–Trinajstić information content (AvgIpc) is 3.35. The largest absolute Gasteiger partial charge is 0.389 e. The fourth-order valence-electron chi connectivity index (χ4n) is 5.96. The highest BCUT2D eigenvalue weighted by Crippen LogP contribution is 2.51. The number of pyridine rings is 1. The Morgan fingerprint density at radius 1 is 1.08 bits per heavy atom. The molecular formula is C28H34F3N3O4. The number of likely N-dealkylation sites (tertiary alicyclic amines) is 1. The van der Waals surface area contributed by atoms with E-state index in [9.17, 15) is 32.7 Å². The minimum atomic E-state index is -4.41. The highest BCUT2D eigenvalue weighted by Gasteiger charge is 2.55. The van der Waals surface area contributed by atoms with Gasteiger partial charge in [0.1, 0.15) is 0 Å². The first kappa shape index (κ1) is 27.9. The van der Waals surface area contributed by atoms with Crippen LogP contribution in [0.4, 0.5) is 13.2 Å². The highest BCUT2D eigenvalue weighted by atomic mass is 19.4. The van der Waals surface area contributed by atoms with Gasteiger partial charge in [-0.3, -0.25) is 14.4 Å². The molecule has 206 valence electrons. The number of carbonyl (C=O) groups is 2. The fraction of sp³-hybridized carbons (Fsp3) is 0.536. The Bertz CT molecular complexity index is 1240. The number of halogens is 3. The molecule has 1 atom stereocenters. The van der Waals surface area contributed by atoms with Gasteiger partial charge < -0.3 is 19.5 Å². The van der Waals surface area contributed by atoms with E-state index in [0.717, 1.165) is 18.4 Å². The molecule has 1 aromatic heterocycles. The maximum absolute atomic E-state index is 13.3. The summed E-state index contributed by atoms with van der Waals surface area (Å²) >= 11 is 0. The van der Waals surface area contributed by atoms with E-state index < -0.39 is 35.9 Å². The Morgan fingerprint density at radius 2 is 1.74 bits per heavy atom. The molecule has 2 heterocycles. The Labute approximate surface area is 219 Å². The number of aromatic nitrogens is 1. The third-order valence-corrected chi connectivity index (χ3v) is 8.09. The molecule has 38 heavy (non-hydrogen) atoms. The van der Waals surface area contributed by atoms with Gasteiger partial charge in [0, 0.05) is 56.8 Å². The van der Waals surface area contributed by atoms with Crippen LogP contribution < -0.4 is 5.56 Å². The van der Waals surface area contributed by atoms with Gasteiger partial charge >= 0.3 is 6.18 Å². The standard InChI is InChI=1S/C28H34F3N3O4/c1-32(2)25(37)22-17-34(24(36)16-21(22)20-8-4-3-5-9-20)19-27(38)14-15-33(18-26(27)11-6-7-12-26)23(35)10-13-28(29,30)31/h3-5,8-9,16-17,38H,6-7,10-15,18-19H2,1-2H3. The summed E-state index contributed by atoms with van der Waals surface area (Å²) in [7, 11) is 3.25. The molecule has 1 N–H and O–H groups in total. The van der Waals surface area contributed by atoms with Gasteiger partial charge in [-0.05, 0) is 24.8 Å². The number of nitrogens with zero attached hydrogens (tertiary/aromatic N) is 3. The van der Waals surface area contributed by atoms with Crippen molar-refractivity contribution in [3.05, 3.63) is 58.5 Å². The van der Waals surface area contributed by atoms with Crippen LogP contribution in [0.5, 0.6) is 0 Å². The van der Waals surface area contributed by atoms with Gasteiger partial charge in [-0.25, -0.2) is 0 Å². The van der Waals surface area contributed by atoms with Crippen molar-refractivity contribution in [1.82, 2.24) is 14.4 Å². The number of carbonyl (C=O) groups excluding carboxylic acids is 2. The van der Waals surface area contributed by atoms with E-state index in [0.29, 0.717) is 24.0 Å². The molecule has 0 radical (unpaired) electrons. The molecule has 10 heteroatoms. The molecule has 2 fully saturated rings. The summed E-state index contributed by atoms with van der Waals surface area (Å²) in [5.41, 5.74) is -0.922. The van der Waals surface area contributed by atoms with Crippen molar-refractivity contribution in [3.8, 4) is 11.1 Å². The van der Waals surface area contributed by atoms with Gasteiger partial charge in [0.2, 0.25) is 5.91 Å². The number of hydrogen-bond donors (Lipinski definition) is 1. The Kier molecular flexibility index (Phi) is 7.74. The van der Waals surface area contributed by atoms with E-state index in [-0.39, 0.29) is 37.5 Å². The Morgan fingerprint density at radius 3 is 2.34 bits per heavy atom. The maximum Gasteiger partial charge on any atom is 0.389 e. The minimum Gasteiger partial charge on any atom is -0.387 e. The van der Waals surface area contributed by atoms with E-state index in [4.69, 9.17) is 0 Å². The second-order valence-corrected chi connectivity index (χ2v) is 10.8. The molecule has 1 aromatic carbocycles. The summed E-state index contributed by atoms with van der Waals surface area (Å²) in [6, 6.07) is 10.5. The molecule has 1 aliphatic heterocycles. The van der Waals surface area contributed by atoms with Crippen molar-refractivity contribution >= 4 is 11.8 Å². The Hall–Kier alpha value is -3.14. The predicted octanol–water partition coefficient (Wildman–Crippen LogP) is 4.08. The second-order valence-electron chi connectivity index (χ2n) is 10.8. The van der Waals surface area contributed by atoms with Crippen LogP contribution in [0, 0.1) is 5.41 Å². The first-order chi connectivity index (χ1) is 17.8. The van der Waals surface area contributed by atoms with Crippen LogP contribution in [-0.2, 0) is 11.3 Å². The summed E-state index contributed by atoms with van der Waals surface area (Å²) in [4.78, 5) is 41.9. The molecule has 1 aliphatic carbocycles. The van der Waals surface area contributed by atoms with Crippen LogP contribution in [0.1, 0.15) is 55.3 Å². The quantitative estimate of drug-likeness (QED) is 0.607. The van der Waals surface area contributed by atoms with E-state index in [1.807, 2.05) is 30.3 Å². The summed E-state index contributed by atoms with van der Waals surface area (Å²) in [5, 5.41) is 12.0. The zero-order valence-corrected chi connectivity index (χ0v) is 21.8. The van der Waals surface area contributed by atoms with E-state index in [2.05, 4.69) is 0 Å². The lowest BCUT2D eigenvalue weighted by molar-refractivity contribution is -0.166. The molecular weight excluding hydrogens is 499 g/mol. The van der Waals surface area contributed by atoms with Crippen molar-refractivity contribution in [2.75, 3.05) is 27.2 Å². The molecule has 1 spiro atoms. The lowest BCUT2D eigenvalue weighted by atomic mass is 9.65. The monoisotopic (exact) mass is 533 g/mol. The zero-order chi connectivity index (χ0) is 27.7. The predicted molar refractivity (Wildman–Crippen MR) is 136 cm³/mol. The second kappa shape index (κ2) is 10.6. The maximum atomic E-state index is 13.3. The minimum absolute atomic E-state index is 0.0702. The SMILES string of the molecule is CN(C)C(=O)c1cn(CC2(O)CCN(C(=O)CCC(F)(F)F)CC23CCCC3)c(=O)cc1-c1ccccc1. The van der Waals surface area contributed by atoms with E-state index in [1.165, 1.54) is 26.6 Å². The molecule has 0 bridgehead atoms. The van der Waals surface area contributed by atoms with Crippen LogP contribution in [0.3, 0.4) is 0 Å². The summed E-state index contributed by atoms with van der Waals surface area (Å²) in [6.07, 6.45) is -1.73. The summed E-state index contributed by atoms with van der Waals surface area (Å²) in [6.45, 7) is 0.189. The lowest BCUT2D eigenvalue weighted by Gasteiger charge is -2.52. The molecule has 1 saturated carbocycles. The smallest absolute Gasteiger partial charge is 0.387 e. The van der Waals surface area contributed by atoms with Gasteiger partial charge in [-0.1, -0.05) is 43.2 Å². The van der Waals surface area contributed by atoms with Crippen LogP contribution in [0.2, 0.25) is 0 Å². The molecule has 2 aromatic rings. The summed E-state index contributed by atoms with van der Waals surface area (Å²) in [5.74, 6) is -0.857. The van der Waals surface area contributed by atoms with E-state index >= 15 is 0 Å². The number of amides is 2. The number of hydrogen-bond acceptors (Lipinski definition) is 4. The molecule has 1 saturated heterocycles. The molecule has 2 amide bonds. The van der Waals surface area contributed by atoms with Crippen molar-refractivity contribution < 1.29 is 27.9 Å². The third kappa shape index (κ3) is 5.65. The third-order valence-electron chi connectivity index (χ3n) is 8.09. The molecule has 4 rings (SSSR count). The fourth-order valence-corrected chi connectivity index (χ4v) is 5.96. The van der Waals surface area contributed by atoms with Gasteiger partial charge in [0.25, 0.3) is 11.5 Å². The van der Waals surface area contributed by atoms with Crippen LogP contribution >= 0.6 is 0 Å². The van der Waals surface area contributed by atoms with Crippen molar-refractivity contribution in [2.24, 2.45) is 5.41 Å². The van der Waals surface area contributed by atoms with Gasteiger partial charge in [-0.2, -0.15) is 13.2 Å². The summed E-state index contributed by atoms with van der Waals surface area (Å²) < 4.78 is 39.4. The Balaban J connectivity index is 1.66. The van der Waals surface area contributed by atoms with Crippen LogP contribution in [-0.4, -0.2) is 70.3 Å². The van der Waals surface area contributed by atoms with Crippen molar-refractivity contribution in [1.29, 1.82) is 0 Å². The number of rotatable bonds is 6. The van der Waals surface area contributed by atoms with Crippen LogP contribution in [0.15, 0.2) is 47.4 Å². The highest BCUT2D eigenvalue weighted by molar-refractivity contribution is 6.00. The molecule has 1 unspecified atom stereocenters. The average molecular weight is 534 g/mol. The van der Waals surface area contributed by atoms with Gasteiger partial charge in [0.05, 0.1) is 24.1 Å². The number of aliphatic hydroxyl groups is 1. The number of benzene rings is 1. The van der Waals surface area contributed by atoms with Crippen LogP contribution in [0.25, 0.3) is 11.1 Å². The first-order valence-corrected chi connectivity index (χ1v) is 12.9. The van der Waals surface area contributed by atoms with E-state index in [1.54, 1.807) is 14.1 Å². The zero-order valence-electron chi connectivity index (χ0n) is 21.8. The van der Waals surface area contributed by atoms with Crippen molar-refractivity contribution in [3.63, 3.8) is 0 Å².